The largest absolute Gasteiger partial charge is 0.389 e. The number of hydrogen-bond acceptors (Lipinski definition) is 4. The average molecular weight is 304 g/mol. The van der Waals surface area contributed by atoms with Gasteiger partial charge in [0.05, 0.1) is 5.56 Å². The van der Waals surface area contributed by atoms with Gasteiger partial charge in [0.1, 0.15) is 10.8 Å². The van der Waals surface area contributed by atoms with E-state index < -0.39 is 0 Å². The van der Waals surface area contributed by atoms with Crippen LogP contribution in [0.1, 0.15) is 43.0 Å². The van der Waals surface area contributed by atoms with Crippen LogP contribution in [0.5, 0.6) is 0 Å². The predicted molar refractivity (Wildman–Crippen MR) is 90.9 cm³/mol. The van der Waals surface area contributed by atoms with Gasteiger partial charge in [-0.05, 0) is 56.8 Å². The lowest BCUT2D eigenvalue weighted by molar-refractivity contribution is 0.277. The fraction of sp³-hybridized carbons (Fsp3) is 0.625. The second-order valence-corrected chi connectivity index (χ2v) is 6.45. The van der Waals surface area contributed by atoms with Crippen LogP contribution in [0.4, 0.5) is 5.82 Å². The lowest BCUT2D eigenvalue weighted by Crippen LogP contribution is -2.35. The summed E-state index contributed by atoms with van der Waals surface area (Å²) in [5.74, 6) is 0.881. The first-order chi connectivity index (χ1) is 10.2. The van der Waals surface area contributed by atoms with Gasteiger partial charge >= 0.3 is 0 Å². The van der Waals surface area contributed by atoms with E-state index in [4.69, 9.17) is 22.9 Å². The first-order valence-corrected chi connectivity index (χ1v) is 8.40. The molecule has 0 radical (unpaired) electrons. The summed E-state index contributed by atoms with van der Waals surface area (Å²) in [5.41, 5.74) is 9.33. The Labute approximate surface area is 132 Å². The maximum absolute atomic E-state index is 5.89. The molecule has 3 N–H and O–H groups in total. The first kappa shape index (κ1) is 14.7. The zero-order valence-corrected chi connectivity index (χ0v) is 13.5. The number of nitrogens with zero attached hydrogens (tertiary/aromatic N) is 2. The third-order valence-electron chi connectivity index (χ3n) is 4.73. The number of fused-ring (bicyclic) bond motifs is 1. The molecule has 2 heterocycles. The Balaban J connectivity index is 1.76. The molecule has 1 aromatic rings. The summed E-state index contributed by atoms with van der Waals surface area (Å²) < 4.78 is 0. The van der Waals surface area contributed by atoms with Gasteiger partial charge in [-0.25, -0.2) is 4.98 Å². The minimum absolute atomic E-state index is 0.443. The van der Waals surface area contributed by atoms with Gasteiger partial charge in [0.2, 0.25) is 0 Å². The van der Waals surface area contributed by atoms with Crippen molar-refractivity contribution in [1.82, 2.24) is 9.88 Å². The third kappa shape index (κ3) is 3.04. The van der Waals surface area contributed by atoms with E-state index in [9.17, 15) is 0 Å². The summed E-state index contributed by atoms with van der Waals surface area (Å²) in [6.45, 7) is 5.48. The highest BCUT2D eigenvalue weighted by atomic mass is 32.1. The van der Waals surface area contributed by atoms with Crippen LogP contribution in [-0.4, -0.2) is 40.5 Å². The summed E-state index contributed by atoms with van der Waals surface area (Å²) in [6, 6.07) is 2.75. The van der Waals surface area contributed by atoms with Crippen molar-refractivity contribution in [3.8, 4) is 0 Å². The smallest absolute Gasteiger partial charge is 0.136 e. The SMILES string of the molecule is CCN1CCCC1CNc1nc2c(cc1C(N)=S)CCC2. The molecule has 3 rings (SSSR count). The van der Waals surface area contributed by atoms with Gasteiger partial charge < -0.3 is 11.1 Å². The number of likely N-dealkylation sites (tertiary alicyclic amines) is 1. The summed E-state index contributed by atoms with van der Waals surface area (Å²) in [4.78, 5) is 7.76. The minimum atomic E-state index is 0.443. The van der Waals surface area contributed by atoms with E-state index in [1.807, 2.05) is 0 Å². The van der Waals surface area contributed by atoms with Gasteiger partial charge in [0.15, 0.2) is 0 Å². The topological polar surface area (TPSA) is 54.2 Å². The Morgan fingerprint density at radius 3 is 3.10 bits per heavy atom. The fourth-order valence-electron chi connectivity index (χ4n) is 3.55. The zero-order valence-electron chi connectivity index (χ0n) is 12.7. The molecule has 1 saturated heterocycles. The molecule has 4 nitrogen and oxygen atoms in total. The van der Waals surface area contributed by atoms with E-state index >= 15 is 0 Å². The summed E-state index contributed by atoms with van der Waals surface area (Å²) in [7, 11) is 0. The maximum Gasteiger partial charge on any atom is 0.136 e. The molecule has 21 heavy (non-hydrogen) atoms. The maximum atomic E-state index is 5.89. The molecule has 0 amide bonds. The zero-order chi connectivity index (χ0) is 14.8. The number of anilines is 1. The van der Waals surface area contributed by atoms with E-state index in [1.54, 1.807) is 0 Å². The summed E-state index contributed by atoms with van der Waals surface area (Å²) in [6.07, 6.45) is 5.92. The lowest BCUT2D eigenvalue weighted by atomic mass is 10.1. The lowest BCUT2D eigenvalue weighted by Gasteiger charge is -2.24. The molecule has 0 bridgehead atoms. The standard InChI is InChI=1S/C16H24N4S/c1-2-20-8-4-6-12(20)10-18-16-13(15(17)21)9-11-5-3-7-14(11)19-16/h9,12H,2-8,10H2,1H3,(H2,17,21)(H,18,19). The van der Waals surface area contributed by atoms with Crippen molar-refractivity contribution >= 4 is 23.0 Å². The Bertz CT molecular complexity index is 543. The van der Waals surface area contributed by atoms with Gasteiger partial charge in [0, 0.05) is 18.3 Å². The highest BCUT2D eigenvalue weighted by molar-refractivity contribution is 7.80. The molecule has 2 aliphatic rings. The van der Waals surface area contributed by atoms with Crippen LogP contribution in [0, 0.1) is 0 Å². The van der Waals surface area contributed by atoms with Crippen LogP contribution in [0.2, 0.25) is 0 Å². The molecule has 0 spiro atoms. The van der Waals surface area contributed by atoms with Crippen molar-refractivity contribution in [2.75, 3.05) is 25.0 Å². The number of thiocarbonyl (C=S) groups is 1. The highest BCUT2D eigenvalue weighted by Crippen LogP contribution is 2.26. The number of pyridine rings is 1. The normalized spacial score (nSPS) is 21.5. The molecular formula is C16H24N4S. The number of aromatic nitrogens is 1. The molecule has 1 aromatic heterocycles. The van der Waals surface area contributed by atoms with Crippen LogP contribution in [0.25, 0.3) is 0 Å². The van der Waals surface area contributed by atoms with Crippen molar-refractivity contribution in [2.45, 2.75) is 45.1 Å². The van der Waals surface area contributed by atoms with Crippen LogP contribution in [-0.2, 0) is 12.8 Å². The van der Waals surface area contributed by atoms with E-state index in [0.29, 0.717) is 11.0 Å². The van der Waals surface area contributed by atoms with Crippen LogP contribution >= 0.6 is 12.2 Å². The van der Waals surface area contributed by atoms with Gasteiger partial charge in [-0.3, -0.25) is 4.90 Å². The van der Waals surface area contributed by atoms with Crippen molar-refractivity contribution < 1.29 is 0 Å². The Morgan fingerprint density at radius 1 is 1.48 bits per heavy atom. The van der Waals surface area contributed by atoms with E-state index in [2.05, 4.69) is 23.2 Å². The number of aryl methyl sites for hydroxylation is 2. The Kier molecular flexibility index (Phi) is 4.40. The molecule has 5 heteroatoms. The van der Waals surface area contributed by atoms with Gasteiger partial charge in [-0.1, -0.05) is 19.1 Å². The summed E-state index contributed by atoms with van der Waals surface area (Å²) in [5, 5.41) is 3.51. The number of rotatable bonds is 5. The first-order valence-electron chi connectivity index (χ1n) is 7.99. The Morgan fingerprint density at radius 2 is 2.33 bits per heavy atom. The van der Waals surface area contributed by atoms with Crippen molar-refractivity contribution in [3.05, 3.63) is 22.9 Å². The molecule has 1 atom stereocenters. The number of hydrogen-bond donors (Lipinski definition) is 2. The second kappa shape index (κ2) is 6.28. The molecule has 1 aliphatic heterocycles. The average Bonchev–Trinajstić information content (AvgIpc) is 3.11. The second-order valence-electron chi connectivity index (χ2n) is 6.01. The van der Waals surface area contributed by atoms with Gasteiger partial charge in [-0.15, -0.1) is 0 Å². The fourth-order valence-corrected chi connectivity index (χ4v) is 3.71. The quantitative estimate of drug-likeness (QED) is 0.816. The molecule has 1 aliphatic carbocycles. The van der Waals surface area contributed by atoms with Gasteiger partial charge in [0.25, 0.3) is 0 Å². The number of nitrogens with one attached hydrogen (secondary N) is 1. The summed E-state index contributed by atoms with van der Waals surface area (Å²) >= 11 is 5.20. The van der Waals surface area contributed by atoms with E-state index in [1.165, 1.54) is 37.1 Å². The molecule has 1 fully saturated rings. The van der Waals surface area contributed by atoms with Crippen LogP contribution < -0.4 is 11.1 Å². The third-order valence-corrected chi connectivity index (χ3v) is 4.95. The molecule has 114 valence electrons. The van der Waals surface area contributed by atoms with Crippen molar-refractivity contribution in [3.63, 3.8) is 0 Å². The molecule has 0 saturated carbocycles. The monoisotopic (exact) mass is 304 g/mol. The van der Waals surface area contributed by atoms with E-state index in [-0.39, 0.29) is 0 Å². The van der Waals surface area contributed by atoms with Crippen LogP contribution in [0.15, 0.2) is 6.07 Å². The van der Waals surface area contributed by atoms with E-state index in [0.717, 1.165) is 37.3 Å². The molecule has 1 unspecified atom stereocenters. The Hall–Kier alpha value is -1.20. The number of nitrogens with two attached hydrogens (primary N) is 1. The van der Waals surface area contributed by atoms with Crippen LogP contribution in [0.3, 0.4) is 0 Å². The molecule has 0 aromatic carbocycles. The minimum Gasteiger partial charge on any atom is -0.389 e. The van der Waals surface area contributed by atoms with Crippen molar-refractivity contribution in [2.24, 2.45) is 5.73 Å². The highest BCUT2D eigenvalue weighted by Gasteiger charge is 2.24. The van der Waals surface area contributed by atoms with Crippen molar-refractivity contribution in [1.29, 1.82) is 0 Å². The van der Waals surface area contributed by atoms with Gasteiger partial charge in [-0.2, -0.15) is 0 Å². The predicted octanol–water partition coefficient (Wildman–Crippen LogP) is 2.10. The molecular weight excluding hydrogens is 280 g/mol. The number of likely N-dealkylation sites (N-methyl/N-ethyl adjacent to an activating group) is 1.